The molecule has 0 aliphatic carbocycles. The quantitative estimate of drug-likeness (QED) is 0.900. The molecule has 0 spiro atoms. The molecule has 0 saturated carbocycles. The van der Waals surface area contributed by atoms with Crippen molar-refractivity contribution in [3.63, 3.8) is 0 Å². The van der Waals surface area contributed by atoms with Crippen molar-refractivity contribution in [1.29, 1.82) is 0 Å². The molecule has 1 N–H and O–H groups in total. The van der Waals surface area contributed by atoms with E-state index in [0.29, 0.717) is 11.8 Å². The highest BCUT2D eigenvalue weighted by molar-refractivity contribution is 5.22. The molecule has 2 fully saturated rings. The van der Waals surface area contributed by atoms with Crippen molar-refractivity contribution in [2.24, 2.45) is 5.92 Å². The predicted molar refractivity (Wildman–Crippen MR) is 105 cm³/mol. The van der Waals surface area contributed by atoms with E-state index in [1.165, 1.54) is 36.9 Å². The summed E-state index contributed by atoms with van der Waals surface area (Å²) in [4.78, 5) is 18.1. The van der Waals surface area contributed by atoms with E-state index in [1.54, 1.807) is 0 Å². The van der Waals surface area contributed by atoms with Crippen molar-refractivity contribution in [2.45, 2.75) is 51.2 Å². The van der Waals surface area contributed by atoms with Gasteiger partial charge >= 0.3 is 0 Å². The first kappa shape index (κ1) is 17.2. The number of likely N-dealkylation sites (tertiary alicyclic amines) is 2. The van der Waals surface area contributed by atoms with Gasteiger partial charge in [-0.25, -0.2) is 0 Å². The molecular weight excluding hydrogens is 338 g/mol. The molecule has 0 aromatic carbocycles. The molecule has 2 atom stereocenters. The van der Waals surface area contributed by atoms with Crippen molar-refractivity contribution in [1.82, 2.24) is 24.6 Å². The number of hydrogen-bond donors (Lipinski definition) is 1. The molecule has 2 bridgehead atoms. The summed E-state index contributed by atoms with van der Waals surface area (Å²) in [5.41, 5.74) is 3.73. The molecule has 5 heterocycles. The van der Waals surface area contributed by atoms with Crippen LogP contribution in [-0.4, -0.2) is 50.7 Å². The van der Waals surface area contributed by atoms with Gasteiger partial charge in [0.1, 0.15) is 0 Å². The lowest BCUT2D eigenvalue weighted by Crippen LogP contribution is -2.47. The van der Waals surface area contributed by atoms with E-state index < -0.39 is 0 Å². The van der Waals surface area contributed by atoms with Crippen LogP contribution in [0.3, 0.4) is 0 Å². The highest BCUT2D eigenvalue weighted by atomic mass is 16.1. The topological polar surface area (TPSA) is 57.2 Å². The lowest BCUT2D eigenvalue weighted by atomic mass is 9.83. The summed E-state index contributed by atoms with van der Waals surface area (Å²) in [6.45, 7) is 7.02. The molecule has 6 nitrogen and oxygen atoms in total. The van der Waals surface area contributed by atoms with Crippen molar-refractivity contribution >= 4 is 0 Å². The van der Waals surface area contributed by atoms with E-state index in [2.05, 4.69) is 36.7 Å². The summed E-state index contributed by atoms with van der Waals surface area (Å²) in [5, 5.41) is 6.97. The van der Waals surface area contributed by atoms with Crippen LogP contribution in [0, 0.1) is 5.92 Å². The third-order valence-corrected chi connectivity index (χ3v) is 6.56. The summed E-state index contributed by atoms with van der Waals surface area (Å²) in [7, 11) is 0. The smallest absolute Gasteiger partial charge is 0.255 e. The number of pyridine rings is 1. The molecular formula is C21H29N5O. The van der Waals surface area contributed by atoms with E-state index >= 15 is 0 Å². The first-order valence-electron chi connectivity index (χ1n) is 10.4. The summed E-state index contributed by atoms with van der Waals surface area (Å²) < 4.78 is 2.10. The fourth-order valence-electron chi connectivity index (χ4n) is 5.32. The lowest BCUT2D eigenvalue weighted by molar-refractivity contribution is 0.114. The van der Waals surface area contributed by atoms with Gasteiger partial charge in [-0.2, -0.15) is 5.10 Å². The van der Waals surface area contributed by atoms with Crippen LogP contribution in [0.2, 0.25) is 0 Å². The minimum Gasteiger partial charge on any atom is -0.312 e. The van der Waals surface area contributed by atoms with Crippen LogP contribution in [0.1, 0.15) is 48.4 Å². The first-order valence-corrected chi connectivity index (χ1v) is 10.4. The maximum atomic E-state index is 13.2. The Morgan fingerprint density at radius 3 is 2.74 bits per heavy atom. The third kappa shape index (κ3) is 3.48. The maximum Gasteiger partial charge on any atom is 0.255 e. The third-order valence-electron chi connectivity index (χ3n) is 6.56. The molecule has 6 heteroatoms. The molecule has 3 aliphatic rings. The van der Waals surface area contributed by atoms with Gasteiger partial charge in [0.15, 0.2) is 0 Å². The molecule has 2 aromatic heterocycles. The van der Waals surface area contributed by atoms with E-state index in [4.69, 9.17) is 0 Å². The van der Waals surface area contributed by atoms with Crippen molar-refractivity contribution < 1.29 is 0 Å². The van der Waals surface area contributed by atoms with Crippen LogP contribution in [0.5, 0.6) is 0 Å². The zero-order valence-corrected chi connectivity index (χ0v) is 15.9. The molecule has 0 amide bonds. The Morgan fingerprint density at radius 1 is 1.04 bits per heavy atom. The van der Waals surface area contributed by atoms with E-state index in [1.807, 2.05) is 12.4 Å². The Kier molecular flexibility index (Phi) is 4.61. The van der Waals surface area contributed by atoms with Gasteiger partial charge in [0, 0.05) is 61.7 Å². The van der Waals surface area contributed by atoms with Crippen LogP contribution in [0.15, 0.2) is 29.3 Å². The molecule has 5 rings (SSSR count). The van der Waals surface area contributed by atoms with Gasteiger partial charge < -0.3 is 4.57 Å². The number of hydrogen-bond acceptors (Lipinski definition) is 4. The Labute approximate surface area is 160 Å². The molecule has 0 radical (unpaired) electrons. The van der Waals surface area contributed by atoms with Crippen LogP contribution >= 0.6 is 0 Å². The fraction of sp³-hybridized carbons (Fsp3) is 0.619. The van der Waals surface area contributed by atoms with Crippen LogP contribution in [0.4, 0.5) is 0 Å². The summed E-state index contributed by atoms with van der Waals surface area (Å²) >= 11 is 0. The Morgan fingerprint density at radius 2 is 1.93 bits per heavy atom. The normalized spacial score (nSPS) is 26.1. The minimum atomic E-state index is 0.260. The van der Waals surface area contributed by atoms with Gasteiger partial charge in [-0.15, -0.1) is 0 Å². The summed E-state index contributed by atoms with van der Waals surface area (Å²) in [6.07, 6.45) is 8.97. The largest absolute Gasteiger partial charge is 0.312 e. The fourth-order valence-corrected chi connectivity index (χ4v) is 5.32. The highest BCUT2D eigenvalue weighted by Crippen LogP contribution is 2.35. The van der Waals surface area contributed by atoms with Crippen molar-refractivity contribution in [3.8, 4) is 0 Å². The van der Waals surface area contributed by atoms with Crippen molar-refractivity contribution in [3.05, 3.63) is 51.7 Å². The Balaban J connectivity index is 1.35. The number of piperidine rings is 2. The molecule has 2 saturated heterocycles. The molecule has 27 heavy (non-hydrogen) atoms. The monoisotopic (exact) mass is 367 g/mol. The van der Waals surface area contributed by atoms with Crippen LogP contribution in [0.25, 0.3) is 0 Å². The van der Waals surface area contributed by atoms with E-state index in [-0.39, 0.29) is 5.56 Å². The second kappa shape index (κ2) is 7.24. The predicted octanol–water partition coefficient (Wildman–Crippen LogP) is 2.18. The second-order valence-electron chi connectivity index (χ2n) is 8.64. The van der Waals surface area contributed by atoms with Gasteiger partial charge in [0.05, 0.1) is 6.20 Å². The number of aromatic amines is 1. The zero-order valence-electron chi connectivity index (χ0n) is 15.9. The molecule has 2 aromatic rings. The van der Waals surface area contributed by atoms with Gasteiger partial charge in [-0.3, -0.25) is 19.7 Å². The highest BCUT2D eigenvalue weighted by Gasteiger charge is 2.35. The average molecular weight is 367 g/mol. The number of rotatable bonds is 4. The van der Waals surface area contributed by atoms with Crippen LogP contribution in [-0.2, 0) is 19.6 Å². The number of fused-ring (bicyclic) bond motifs is 4. The second-order valence-corrected chi connectivity index (χ2v) is 8.64. The Hall–Kier alpha value is -1.92. The van der Waals surface area contributed by atoms with Crippen LogP contribution < -0.4 is 5.56 Å². The average Bonchev–Trinajstić information content (AvgIpc) is 3.18. The summed E-state index contributed by atoms with van der Waals surface area (Å²) in [5.74, 6) is 1.05. The van der Waals surface area contributed by atoms with Gasteiger partial charge in [-0.05, 0) is 44.3 Å². The van der Waals surface area contributed by atoms with E-state index in [9.17, 15) is 4.79 Å². The number of aromatic nitrogens is 3. The molecule has 144 valence electrons. The molecule has 3 aliphatic heterocycles. The van der Waals surface area contributed by atoms with Gasteiger partial charge in [-0.1, -0.05) is 12.5 Å². The lowest BCUT2D eigenvalue weighted by Gasteiger charge is -2.43. The number of H-pyrrole nitrogens is 1. The summed E-state index contributed by atoms with van der Waals surface area (Å²) in [6, 6.07) is 4.35. The molecule has 0 unspecified atom stereocenters. The first-order chi connectivity index (χ1) is 13.3. The Bertz CT molecular complexity index is 837. The standard InChI is InChI=1S/C21H29N5O/c27-21-18(14-24-6-2-1-3-7-24)4-5-20-19-8-16(13-26(20)21)11-25(15-19)12-17-9-22-23-10-17/h4-5,9-10,16,19H,1-3,6-8,11-15H2,(H,22,23)/t16-,19+/m0/s1. The number of nitrogens with zero attached hydrogens (tertiary/aromatic N) is 4. The minimum absolute atomic E-state index is 0.260. The SMILES string of the molecule is O=c1c(CN2CCCCC2)ccc2n1C[C@H]1C[C@@H]2CN(Cc2cn[nH]c2)C1. The van der Waals surface area contributed by atoms with E-state index in [0.717, 1.165) is 51.4 Å². The number of nitrogens with one attached hydrogen (secondary N) is 1. The maximum absolute atomic E-state index is 13.2. The van der Waals surface area contributed by atoms with Crippen molar-refractivity contribution in [2.75, 3.05) is 26.2 Å². The zero-order chi connectivity index (χ0) is 18.2. The van der Waals surface area contributed by atoms with Gasteiger partial charge in [0.25, 0.3) is 5.56 Å². The van der Waals surface area contributed by atoms with Gasteiger partial charge in [0.2, 0.25) is 0 Å².